The number of ether oxygens (including phenoxy) is 1. The summed E-state index contributed by atoms with van der Waals surface area (Å²) in [6, 6.07) is 13.0. The Labute approximate surface area is 169 Å². The van der Waals surface area contributed by atoms with E-state index in [1.807, 2.05) is 0 Å². The van der Waals surface area contributed by atoms with Crippen molar-refractivity contribution in [3.63, 3.8) is 0 Å². The third-order valence-corrected chi connectivity index (χ3v) is 4.56. The molecule has 146 valence electrons. The number of aromatic nitrogens is 1. The summed E-state index contributed by atoms with van der Waals surface area (Å²) in [5, 5.41) is 14.0. The fraction of sp³-hybridized carbons (Fsp3) is 0.227. The number of aromatic hydroxyl groups is 1. The summed E-state index contributed by atoms with van der Waals surface area (Å²) in [7, 11) is 1.53. The van der Waals surface area contributed by atoms with Crippen LogP contribution in [0.5, 0.6) is 11.5 Å². The van der Waals surface area contributed by atoms with Gasteiger partial charge in [0.2, 0.25) is 0 Å². The molecular weight excluding hydrogens is 379 g/mol. The van der Waals surface area contributed by atoms with E-state index in [4.69, 9.17) is 16.3 Å². The summed E-state index contributed by atoms with van der Waals surface area (Å²) in [5.74, 6) is 1.13. The van der Waals surface area contributed by atoms with Crippen LogP contribution in [0.1, 0.15) is 13.8 Å². The molecule has 0 bridgehead atoms. The Morgan fingerprint density at radius 2 is 1.96 bits per heavy atom. The molecule has 0 atom stereocenters. The molecule has 2 aromatic carbocycles. The zero-order chi connectivity index (χ0) is 20.3. The number of nitrogens with one attached hydrogen (secondary N) is 1. The molecule has 0 aliphatic heterocycles. The van der Waals surface area contributed by atoms with E-state index in [2.05, 4.69) is 24.1 Å². The van der Waals surface area contributed by atoms with E-state index >= 15 is 0 Å². The minimum absolute atomic E-state index is 0.0263. The predicted octanol–water partition coefficient (Wildman–Crippen LogP) is 5.99. The first-order chi connectivity index (χ1) is 13.4. The van der Waals surface area contributed by atoms with Crippen LogP contribution < -0.4 is 10.1 Å². The highest BCUT2D eigenvalue weighted by Crippen LogP contribution is 2.37. The van der Waals surface area contributed by atoms with Gasteiger partial charge >= 0.3 is 0 Å². The monoisotopic (exact) mass is 400 g/mol. The van der Waals surface area contributed by atoms with Gasteiger partial charge in [-0.1, -0.05) is 31.5 Å². The Morgan fingerprint density at radius 1 is 1.18 bits per heavy atom. The number of halogens is 2. The number of benzene rings is 2. The van der Waals surface area contributed by atoms with Gasteiger partial charge in [-0.2, -0.15) is 0 Å². The highest BCUT2D eigenvalue weighted by molar-refractivity contribution is 6.33. The fourth-order valence-corrected chi connectivity index (χ4v) is 3.11. The molecule has 0 spiro atoms. The molecule has 0 saturated heterocycles. The molecule has 28 heavy (non-hydrogen) atoms. The van der Waals surface area contributed by atoms with Crippen LogP contribution in [-0.2, 0) is 0 Å². The fourth-order valence-electron chi connectivity index (χ4n) is 2.84. The lowest BCUT2D eigenvalue weighted by Gasteiger charge is -2.14. The molecule has 1 aromatic heterocycles. The molecule has 0 aliphatic carbocycles. The van der Waals surface area contributed by atoms with Crippen LogP contribution in [0.4, 0.5) is 10.2 Å². The summed E-state index contributed by atoms with van der Waals surface area (Å²) in [5.41, 5.74) is 1.90. The molecule has 6 heteroatoms. The van der Waals surface area contributed by atoms with Crippen molar-refractivity contribution >= 4 is 17.4 Å². The molecule has 0 aliphatic rings. The lowest BCUT2D eigenvalue weighted by atomic mass is 10.0. The molecule has 0 unspecified atom stereocenters. The average Bonchev–Trinajstić information content (AvgIpc) is 2.66. The van der Waals surface area contributed by atoms with Crippen molar-refractivity contribution in [1.82, 2.24) is 4.98 Å². The van der Waals surface area contributed by atoms with Gasteiger partial charge < -0.3 is 15.2 Å². The van der Waals surface area contributed by atoms with Gasteiger partial charge in [0.05, 0.1) is 17.8 Å². The van der Waals surface area contributed by atoms with Crippen LogP contribution in [0.2, 0.25) is 5.02 Å². The minimum Gasteiger partial charge on any atom is -0.507 e. The highest BCUT2D eigenvalue weighted by Gasteiger charge is 2.15. The van der Waals surface area contributed by atoms with E-state index in [1.165, 1.54) is 19.2 Å². The van der Waals surface area contributed by atoms with E-state index in [1.54, 1.807) is 36.4 Å². The zero-order valence-electron chi connectivity index (χ0n) is 16.0. The van der Waals surface area contributed by atoms with Crippen LogP contribution in [0.15, 0.2) is 48.5 Å². The second-order valence-electron chi connectivity index (χ2n) is 6.88. The predicted molar refractivity (Wildman–Crippen MR) is 112 cm³/mol. The maximum absolute atomic E-state index is 14.5. The third-order valence-electron chi connectivity index (χ3n) is 4.25. The van der Waals surface area contributed by atoms with E-state index in [-0.39, 0.29) is 5.75 Å². The molecule has 0 fully saturated rings. The van der Waals surface area contributed by atoms with Gasteiger partial charge in [0.15, 0.2) is 0 Å². The third kappa shape index (κ3) is 4.37. The maximum Gasteiger partial charge on any atom is 0.132 e. The number of hydrogen-bond donors (Lipinski definition) is 2. The van der Waals surface area contributed by atoms with Gasteiger partial charge in [0.25, 0.3) is 0 Å². The number of anilines is 1. The van der Waals surface area contributed by atoms with Crippen molar-refractivity contribution in [3.8, 4) is 33.9 Å². The molecule has 4 nitrogen and oxygen atoms in total. The van der Waals surface area contributed by atoms with Crippen LogP contribution in [0, 0.1) is 11.7 Å². The Hall–Kier alpha value is -2.79. The zero-order valence-corrected chi connectivity index (χ0v) is 16.7. The van der Waals surface area contributed by atoms with Crippen molar-refractivity contribution in [1.29, 1.82) is 0 Å². The van der Waals surface area contributed by atoms with E-state index in [0.717, 1.165) is 0 Å². The van der Waals surface area contributed by atoms with Crippen LogP contribution >= 0.6 is 11.6 Å². The minimum atomic E-state index is -0.418. The summed E-state index contributed by atoms with van der Waals surface area (Å²) in [6.45, 7) is 4.87. The number of rotatable bonds is 6. The van der Waals surface area contributed by atoms with Crippen molar-refractivity contribution in [3.05, 3.63) is 59.4 Å². The number of pyridine rings is 1. The first kappa shape index (κ1) is 20.0. The Bertz CT molecular complexity index is 972. The van der Waals surface area contributed by atoms with Gasteiger partial charge in [-0.05, 0) is 47.9 Å². The normalized spacial score (nSPS) is 10.9. The highest BCUT2D eigenvalue weighted by atomic mass is 35.5. The topological polar surface area (TPSA) is 54.4 Å². The molecule has 3 rings (SSSR count). The van der Waals surface area contributed by atoms with Crippen molar-refractivity contribution in [2.45, 2.75) is 13.8 Å². The van der Waals surface area contributed by atoms with Gasteiger partial charge in [-0.25, -0.2) is 9.37 Å². The molecule has 0 saturated carbocycles. The maximum atomic E-state index is 14.5. The van der Waals surface area contributed by atoms with Crippen molar-refractivity contribution in [2.24, 2.45) is 5.92 Å². The number of nitrogens with zero attached hydrogens (tertiary/aromatic N) is 1. The van der Waals surface area contributed by atoms with Gasteiger partial charge in [-0.3, -0.25) is 0 Å². The first-order valence-electron chi connectivity index (χ1n) is 8.96. The Kier molecular flexibility index (Phi) is 6.05. The lowest BCUT2D eigenvalue weighted by Crippen LogP contribution is -2.09. The van der Waals surface area contributed by atoms with E-state index in [9.17, 15) is 9.50 Å². The Morgan fingerprint density at radius 3 is 2.61 bits per heavy atom. The smallest absolute Gasteiger partial charge is 0.132 e. The average molecular weight is 401 g/mol. The van der Waals surface area contributed by atoms with Crippen LogP contribution in [-0.4, -0.2) is 23.7 Å². The largest absolute Gasteiger partial charge is 0.507 e. The molecular formula is C22H22ClFN2O2. The standard InChI is InChI=1S/C22H22ClFN2O2/c1-13(2)12-25-21-10-14(22-17(23)5-4-6-18(22)24)9-19(26-21)16-8-7-15(28-3)11-20(16)27/h4-11,13,27H,12H2,1-3H3,(H,25,26). The van der Waals surface area contributed by atoms with Crippen molar-refractivity contribution < 1.29 is 14.2 Å². The number of hydrogen-bond acceptors (Lipinski definition) is 4. The van der Waals surface area contributed by atoms with Crippen molar-refractivity contribution in [2.75, 3.05) is 19.0 Å². The van der Waals surface area contributed by atoms with Gasteiger partial charge in [0, 0.05) is 23.7 Å². The Balaban J connectivity index is 2.16. The quantitative estimate of drug-likeness (QED) is 0.533. The molecule has 3 aromatic rings. The van der Waals surface area contributed by atoms with Crippen LogP contribution in [0.3, 0.4) is 0 Å². The molecule has 0 amide bonds. The second kappa shape index (κ2) is 8.48. The summed E-state index contributed by atoms with van der Waals surface area (Å²) in [6.07, 6.45) is 0. The first-order valence-corrected chi connectivity index (χ1v) is 9.34. The second-order valence-corrected chi connectivity index (χ2v) is 7.29. The van der Waals surface area contributed by atoms with E-state index < -0.39 is 5.82 Å². The number of phenols is 1. The molecule has 0 radical (unpaired) electrons. The number of phenolic OH excluding ortho intramolecular Hbond substituents is 1. The van der Waals surface area contributed by atoms with Crippen LogP contribution in [0.25, 0.3) is 22.4 Å². The summed E-state index contributed by atoms with van der Waals surface area (Å²) >= 11 is 6.27. The summed E-state index contributed by atoms with van der Waals surface area (Å²) in [4.78, 5) is 4.60. The number of methoxy groups -OCH3 is 1. The lowest BCUT2D eigenvalue weighted by molar-refractivity contribution is 0.408. The molecule has 2 N–H and O–H groups in total. The SMILES string of the molecule is COc1ccc(-c2cc(-c3c(F)cccc3Cl)cc(NCC(C)C)n2)c(O)c1. The van der Waals surface area contributed by atoms with E-state index in [0.29, 0.717) is 51.4 Å². The summed E-state index contributed by atoms with van der Waals surface area (Å²) < 4.78 is 19.6. The molecule has 1 heterocycles. The van der Waals surface area contributed by atoms with Gasteiger partial charge in [-0.15, -0.1) is 0 Å². The van der Waals surface area contributed by atoms with Gasteiger partial charge in [0.1, 0.15) is 23.1 Å².